The monoisotopic (exact) mass is 262 g/mol. The van der Waals surface area contributed by atoms with Crippen LogP contribution in [-0.2, 0) is 7.05 Å². The van der Waals surface area contributed by atoms with Crippen molar-refractivity contribution in [1.29, 1.82) is 0 Å². The second-order valence-electron chi connectivity index (χ2n) is 4.53. The van der Waals surface area contributed by atoms with E-state index in [2.05, 4.69) is 39.1 Å². The molecule has 2 heterocycles. The largest absolute Gasteiger partial charge is 0.369 e. The standard InChI is InChI=1S/C13H22N6/c1-4-19(5-2)8-6-7-14-12-11-9-17-18(3)13(11)16-10-15-12/h9-10H,4-8H2,1-3H3,(H,14,15,16). The third-order valence-electron chi connectivity index (χ3n) is 3.37. The molecule has 19 heavy (non-hydrogen) atoms. The molecular formula is C13H22N6. The molecule has 0 fully saturated rings. The quantitative estimate of drug-likeness (QED) is 0.766. The lowest BCUT2D eigenvalue weighted by atomic mass is 10.3. The van der Waals surface area contributed by atoms with Gasteiger partial charge in [0.25, 0.3) is 0 Å². The minimum absolute atomic E-state index is 0.862. The Kier molecular flexibility index (Phi) is 4.68. The van der Waals surface area contributed by atoms with E-state index < -0.39 is 0 Å². The molecule has 0 spiro atoms. The van der Waals surface area contributed by atoms with Crippen LogP contribution in [0.25, 0.3) is 11.0 Å². The zero-order valence-electron chi connectivity index (χ0n) is 11.9. The Morgan fingerprint density at radius 1 is 1.26 bits per heavy atom. The predicted octanol–water partition coefficient (Wildman–Crippen LogP) is 1.51. The van der Waals surface area contributed by atoms with Crippen LogP contribution in [0.15, 0.2) is 12.5 Å². The van der Waals surface area contributed by atoms with E-state index in [4.69, 9.17) is 0 Å². The first-order chi connectivity index (χ1) is 9.26. The number of nitrogens with one attached hydrogen (secondary N) is 1. The molecule has 0 atom stereocenters. The summed E-state index contributed by atoms with van der Waals surface area (Å²) >= 11 is 0. The first kappa shape index (κ1) is 13.7. The number of anilines is 1. The molecule has 6 heteroatoms. The van der Waals surface area contributed by atoms with Gasteiger partial charge in [-0.05, 0) is 26.1 Å². The topological polar surface area (TPSA) is 58.9 Å². The van der Waals surface area contributed by atoms with Gasteiger partial charge in [0.05, 0.1) is 11.6 Å². The number of fused-ring (bicyclic) bond motifs is 1. The molecule has 0 unspecified atom stereocenters. The Labute approximate surface area is 113 Å². The SMILES string of the molecule is CCN(CC)CCCNc1ncnc2c1cnn2C. The van der Waals surface area contributed by atoms with E-state index >= 15 is 0 Å². The van der Waals surface area contributed by atoms with Gasteiger partial charge in [-0.2, -0.15) is 5.10 Å². The fraction of sp³-hybridized carbons (Fsp3) is 0.615. The Hall–Kier alpha value is -1.69. The first-order valence-corrected chi connectivity index (χ1v) is 6.85. The van der Waals surface area contributed by atoms with Crippen LogP contribution in [0.3, 0.4) is 0 Å². The number of nitrogens with zero attached hydrogens (tertiary/aromatic N) is 5. The molecule has 0 saturated heterocycles. The van der Waals surface area contributed by atoms with Gasteiger partial charge in [0.1, 0.15) is 12.1 Å². The Bertz CT molecular complexity index is 517. The number of aryl methyl sites for hydroxylation is 1. The van der Waals surface area contributed by atoms with Crippen molar-refractivity contribution in [2.45, 2.75) is 20.3 Å². The van der Waals surface area contributed by atoms with Crippen molar-refractivity contribution in [3.05, 3.63) is 12.5 Å². The molecule has 0 aliphatic rings. The van der Waals surface area contributed by atoms with Crippen LogP contribution in [0.5, 0.6) is 0 Å². The van der Waals surface area contributed by atoms with Crippen molar-refractivity contribution in [3.63, 3.8) is 0 Å². The molecule has 2 aromatic rings. The average Bonchev–Trinajstić information content (AvgIpc) is 2.82. The summed E-state index contributed by atoms with van der Waals surface area (Å²) < 4.78 is 1.76. The van der Waals surface area contributed by atoms with Gasteiger partial charge < -0.3 is 10.2 Å². The van der Waals surface area contributed by atoms with E-state index in [0.717, 1.165) is 49.5 Å². The fourth-order valence-electron chi connectivity index (χ4n) is 2.15. The molecule has 2 rings (SSSR count). The lowest BCUT2D eigenvalue weighted by Crippen LogP contribution is -2.25. The molecule has 0 saturated carbocycles. The van der Waals surface area contributed by atoms with Gasteiger partial charge in [0.2, 0.25) is 0 Å². The number of aromatic nitrogens is 4. The van der Waals surface area contributed by atoms with Crippen molar-refractivity contribution >= 4 is 16.9 Å². The minimum atomic E-state index is 0.862. The Morgan fingerprint density at radius 3 is 2.79 bits per heavy atom. The van der Waals surface area contributed by atoms with Crippen molar-refractivity contribution in [1.82, 2.24) is 24.6 Å². The van der Waals surface area contributed by atoms with Gasteiger partial charge in [0, 0.05) is 13.6 Å². The summed E-state index contributed by atoms with van der Waals surface area (Å²) in [6, 6.07) is 0. The Morgan fingerprint density at radius 2 is 2.05 bits per heavy atom. The van der Waals surface area contributed by atoms with Crippen LogP contribution in [-0.4, -0.2) is 50.8 Å². The highest BCUT2D eigenvalue weighted by atomic mass is 15.3. The maximum atomic E-state index is 4.29. The molecule has 104 valence electrons. The van der Waals surface area contributed by atoms with E-state index in [1.807, 2.05) is 13.2 Å². The molecule has 0 aliphatic carbocycles. The minimum Gasteiger partial charge on any atom is -0.369 e. The van der Waals surface area contributed by atoms with Crippen molar-refractivity contribution in [3.8, 4) is 0 Å². The van der Waals surface area contributed by atoms with Crippen LogP contribution in [0, 0.1) is 0 Å². The molecule has 1 N–H and O–H groups in total. The summed E-state index contributed by atoms with van der Waals surface area (Å²) in [5, 5.41) is 8.56. The molecule has 0 bridgehead atoms. The predicted molar refractivity (Wildman–Crippen MR) is 77.2 cm³/mol. The highest BCUT2D eigenvalue weighted by Gasteiger charge is 2.07. The second kappa shape index (κ2) is 6.47. The Balaban J connectivity index is 1.91. The molecule has 0 amide bonds. The van der Waals surface area contributed by atoms with E-state index in [9.17, 15) is 0 Å². The van der Waals surface area contributed by atoms with Crippen molar-refractivity contribution in [2.75, 3.05) is 31.5 Å². The molecule has 2 aromatic heterocycles. The maximum Gasteiger partial charge on any atom is 0.163 e. The molecule has 0 radical (unpaired) electrons. The highest BCUT2D eigenvalue weighted by Crippen LogP contribution is 2.17. The molecule has 6 nitrogen and oxygen atoms in total. The van der Waals surface area contributed by atoms with Gasteiger partial charge in [-0.15, -0.1) is 0 Å². The zero-order valence-corrected chi connectivity index (χ0v) is 11.9. The second-order valence-corrected chi connectivity index (χ2v) is 4.53. The van der Waals surface area contributed by atoms with Crippen LogP contribution < -0.4 is 5.32 Å². The number of hydrogen-bond acceptors (Lipinski definition) is 5. The number of hydrogen-bond donors (Lipinski definition) is 1. The van der Waals surface area contributed by atoms with Crippen LogP contribution in [0.1, 0.15) is 20.3 Å². The van der Waals surface area contributed by atoms with Gasteiger partial charge in [-0.3, -0.25) is 4.68 Å². The highest BCUT2D eigenvalue weighted by molar-refractivity contribution is 5.85. The summed E-state index contributed by atoms with van der Waals surface area (Å²) in [5.41, 5.74) is 0.862. The zero-order chi connectivity index (χ0) is 13.7. The van der Waals surface area contributed by atoms with Crippen molar-refractivity contribution in [2.24, 2.45) is 7.05 Å². The maximum absolute atomic E-state index is 4.29. The average molecular weight is 262 g/mol. The fourth-order valence-corrected chi connectivity index (χ4v) is 2.15. The van der Waals surface area contributed by atoms with E-state index in [1.54, 1.807) is 11.0 Å². The van der Waals surface area contributed by atoms with E-state index in [1.165, 1.54) is 0 Å². The van der Waals surface area contributed by atoms with Gasteiger partial charge in [-0.25, -0.2) is 9.97 Å². The van der Waals surface area contributed by atoms with E-state index in [0.29, 0.717) is 0 Å². The number of rotatable bonds is 7. The van der Waals surface area contributed by atoms with Crippen LogP contribution in [0.4, 0.5) is 5.82 Å². The van der Waals surface area contributed by atoms with Crippen molar-refractivity contribution < 1.29 is 0 Å². The lowest BCUT2D eigenvalue weighted by molar-refractivity contribution is 0.303. The summed E-state index contributed by atoms with van der Waals surface area (Å²) in [5.74, 6) is 0.873. The summed E-state index contributed by atoms with van der Waals surface area (Å²) in [4.78, 5) is 10.9. The molecule has 0 aromatic carbocycles. The smallest absolute Gasteiger partial charge is 0.163 e. The van der Waals surface area contributed by atoms with Crippen LogP contribution >= 0.6 is 0 Å². The molecular weight excluding hydrogens is 240 g/mol. The summed E-state index contributed by atoms with van der Waals surface area (Å²) in [7, 11) is 1.89. The van der Waals surface area contributed by atoms with Gasteiger partial charge in [0.15, 0.2) is 5.65 Å². The van der Waals surface area contributed by atoms with E-state index in [-0.39, 0.29) is 0 Å². The van der Waals surface area contributed by atoms with Crippen LogP contribution in [0.2, 0.25) is 0 Å². The lowest BCUT2D eigenvalue weighted by Gasteiger charge is -2.17. The summed E-state index contributed by atoms with van der Waals surface area (Å²) in [6.07, 6.45) is 4.49. The third kappa shape index (κ3) is 3.20. The normalized spacial score (nSPS) is 11.4. The summed E-state index contributed by atoms with van der Waals surface area (Å²) in [6.45, 7) is 8.63. The third-order valence-corrected chi connectivity index (χ3v) is 3.37. The van der Waals surface area contributed by atoms with Gasteiger partial charge in [-0.1, -0.05) is 13.8 Å². The first-order valence-electron chi connectivity index (χ1n) is 6.85. The molecule has 0 aliphatic heterocycles. The van der Waals surface area contributed by atoms with Gasteiger partial charge >= 0.3 is 0 Å².